The molecule has 1 N–H and O–H groups in total. The summed E-state index contributed by atoms with van der Waals surface area (Å²) in [5.74, 6) is 2.33. The van der Waals surface area contributed by atoms with Gasteiger partial charge in [0.05, 0.1) is 11.3 Å². The summed E-state index contributed by atoms with van der Waals surface area (Å²) in [4.78, 5) is 15.6. The zero-order valence-corrected chi connectivity index (χ0v) is 23.3. The number of carbonyl (C=O) groups is 1. The molecule has 9 heteroatoms. The van der Waals surface area contributed by atoms with Crippen LogP contribution >= 0.6 is 34.4 Å². The standard InChI is InChI=1S/C27H31N5OS3/c1-4-10-32-25(21-14-34-22-11-16(3)6-8-19(21)22)30-31-27(32)35-15-24(33)29-26-20(13-28)18-9-7-17(5-2)12-23(18)36-26/h4,14,16-17H,1,5-12,15H2,2-3H3,(H,29,33). The molecule has 36 heavy (non-hydrogen) atoms. The normalized spacial score (nSPS) is 18.8. The molecule has 2 aliphatic carbocycles. The first-order valence-corrected chi connectivity index (χ1v) is 15.3. The van der Waals surface area contributed by atoms with Gasteiger partial charge in [-0.2, -0.15) is 5.26 Å². The maximum atomic E-state index is 12.9. The van der Waals surface area contributed by atoms with Crippen LogP contribution in [-0.2, 0) is 37.0 Å². The Morgan fingerprint density at radius 3 is 2.92 bits per heavy atom. The molecule has 3 heterocycles. The smallest absolute Gasteiger partial charge is 0.235 e. The number of hydrogen-bond donors (Lipinski definition) is 1. The molecule has 5 rings (SSSR count). The molecule has 0 saturated carbocycles. The van der Waals surface area contributed by atoms with Gasteiger partial charge in [-0.05, 0) is 61.5 Å². The third-order valence-corrected chi connectivity index (χ3v) is 10.5. The summed E-state index contributed by atoms with van der Waals surface area (Å²) in [7, 11) is 0. The van der Waals surface area contributed by atoms with Gasteiger partial charge < -0.3 is 5.32 Å². The molecule has 3 aromatic rings. The van der Waals surface area contributed by atoms with E-state index < -0.39 is 0 Å². The summed E-state index contributed by atoms with van der Waals surface area (Å²) >= 11 is 4.77. The van der Waals surface area contributed by atoms with Crippen molar-refractivity contribution in [2.45, 2.75) is 70.5 Å². The minimum atomic E-state index is -0.126. The fourth-order valence-corrected chi connectivity index (χ4v) is 8.57. The lowest BCUT2D eigenvalue weighted by Gasteiger charge is -2.20. The molecule has 6 nitrogen and oxygen atoms in total. The number of anilines is 1. The van der Waals surface area contributed by atoms with Crippen molar-refractivity contribution in [2.24, 2.45) is 11.8 Å². The van der Waals surface area contributed by atoms with Crippen LogP contribution in [0.2, 0.25) is 0 Å². The second-order valence-electron chi connectivity index (χ2n) is 9.78. The van der Waals surface area contributed by atoms with Gasteiger partial charge in [0.15, 0.2) is 11.0 Å². The van der Waals surface area contributed by atoms with Crippen molar-refractivity contribution in [1.82, 2.24) is 14.8 Å². The van der Waals surface area contributed by atoms with Crippen molar-refractivity contribution >= 4 is 45.3 Å². The maximum Gasteiger partial charge on any atom is 0.235 e. The van der Waals surface area contributed by atoms with Crippen molar-refractivity contribution in [1.29, 1.82) is 5.26 Å². The van der Waals surface area contributed by atoms with Crippen molar-refractivity contribution in [2.75, 3.05) is 11.1 Å². The predicted molar refractivity (Wildman–Crippen MR) is 149 cm³/mol. The number of thioether (sulfide) groups is 1. The van der Waals surface area contributed by atoms with Crippen molar-refractivity contribution in [3.05, 3.63) is 44.5 Å². The predicted octanol–water partition coefficient (Wildman–Crippen LogP) is 6.50. The lowest BCUT2D eigenvalue weighted by molar-refractivity contribution is -0.113. The van der Waals surface area contributed by atoms with E-state index in [0.29, 0.717) is 28.2 Å². The first-order valence-electron chi connectivity index (χ1n) is 12.6. The van der Waals surface area contributed by atoms with E-state index in [1.807, 2.05) is 17.4 Å². The molecular formula is C27H31N5OS3. The Morgan fingerprint density at radius 1 is 1.31 bits per heavy atom. The number of aromatic nitrogens is 3. The van der Waals surface area contributed by atoms with Gasteiger partial charge in [0.2, 0.25) is 5.91 Å². The molecule has 0 saturated heterocycles. The molecule has 0 radical (unpaired) electrons. The fraction of sp³-hybridized carbons (Fsp3) is 0.481. The van der Waals surface area contributed by atoms with Gasteiger partial charge in [-0.25, -0.2) is 0 Å². The minimum Gasteiger partial charge on any atom is -0.316 e. The summed E-state index contributed by atoms with van der Waals surface area (Å²) in [6.45, 7) is 9.04. The van der Waals surface area contributed by atoms with E-state index in [2.05, 4.69) is 52.0 Å². The van der Waals surface area contributed by atoms with E-state index in [-0.39, 0.29) is 11.7 Å². The quantitative estimate of drug-likeness (QED) is 0.262. The first-order chi connectivity index (χ1) is 17.5. The Bertz CT molecular complexity index is 1330. The van der Waals surface area contributed by atoms with E-state index in [4.69, 9.17) is 0 Å². The molecule has 2 aliphatic rings. The fourth-order valence-electron chi connectivity index (χ4n) is 5.26. The number of allylic oxidation sites excluding steroid dienone is 1. The Kier molecular flexibility index (Phi) is 7.65. The van der Waals surface area contributed by atoms with Gasteiger partial charge in [-0.15, -0.1) is 39.4 Å². The molecule has 2 unspecified atom stereocenters. The maximum absolute atomic E-state index is 12.9. The Morgan fingerprint density at radius 2 is 2.14 bits per heavy atom. The number of amides is 1. The van der Waals surface area contributed by atoms with Crippen LogP contribution in [0.1, 0.15) is 59.6 Å². The molecular weight excluding hydrogens is 507 g/mol. The van der Waals surface area contributed by atoms with Gasteiger partial charge in [0.1, 0.15) is 11.1 Å². The topological polar surface area (TPSA) is 83.6 Å². The number of nitrogens with one attached hydrogen (secondary N) is 1. The van der Waals surface area contributed by atoms with E-state index >= 15 is 0 Å². The number of nitriles is 1. The zero-order chi connectivity index (χ0) is 25.2. The average Bonchev–Trinajstić information content (AvgIpc) is 3.56. The Labute approximate surface area is 224 Å². The van der Waals surface area contributed by atoms with Crippen LogP contribution in [0.25, 0.3) is 11.4 Å². The second-order valence-corrected chi connectivity index (χ2v) is 12.8. The van der Waals surface area contributed by atoms with E-state index in [1.165, 1.54) is 39.1 Å². The molecule has 1 amide bonds. The van der Waals surface area contributed by atoms with Crippen molar-refractivity contribution in [3.63, 3.8) is 0 Å². The third kappa shape index (κ3) is 4.91. The average molecular weight is 538 g/mol. The monoisotopic (exact) mass is 537 g/mol. The number of thiophene rings is 2. The molecule has 0 bridgehead atoms. The van der Waals surface area contributed by atoms with Crippen LogP contribution in [-0.4, -0.2) is 26.4 Å². The third-order valence-electron chi connectivity index (χ3n) is 7.31. The van der Waals surface area contributed by atoms with Crippen LogP contribution in [0.3, 0.4) is 0 Å². The van der Waals surface area contributed by atoms with Gasteiger partial charge in [0, 0.05) is 27.2 Å². The van der Waals surface area contributed by atoms with Crippen LogP contribution in [0.4, 0.5) is 5.00 Å². The number of rotatable bonds is 8. The number of fused-ring (bicyclic) bond motifs is 2. The zero-order valence-electron chi connectivity index (χ0n) is 20.8. The van der Waals surface area contributed by atoms with Gasteiger partial charge in [0.25, 0.3) is 0 Å². The van der Waals surface area contributed by atoms with Gasteiger partial charge in [-0.3, -0.25) is 9.36 Å². The van der Waals surface area contributed by atoms with Gasteiger partial charge >= 0.3 is 0 Å². The molecule has 0 spiro atoms. The lowest BCUT2D eigenvalue weighted by Crippen LogP contribution is -2.15. The summed E-state index contributed by atoms with van der Waals surface area (Å²) in [5.41, 5.74) is 4.36. The van der Waals surface area contributed by atoms with Crippen molar-refractivity contribution < 1.29 is 4.79 Å². The molecule has 0 fully saturated rings. The molecule has 2 atom stereocenters. The lowest BCUT2D eigenvalue weighted by atomic mass is 9.86. The summed E-state index contributed by atoms with van der Waals surface area (Å²) in [6, 6.07) is 2.34. The van der Waals surface area contributed by atoms with Crippen LogP contribution < -0.4 is 5.32 Å². The minimum absolute atomic E-state index is 0.126. The Hall–Kier alpha value is -2.41. The highest BCUT2D eigenvalue weighted by atomic mass is 32.2. The van der Waals surface area contributed by atoms with E-state index in [9.17, 15) is 10.1 Å². The van der Waals surface area contributed by atoms with Crippen LogP contribution in [0.15, 0.2) is 23.2 Å². The largest absolute Gasteiger partial charge is 0.316 e. The number of carbonyl (C=O) groups excluding carboxylic acids is 1. The van der Waals surface area contributed by atoms with Gasteiger partial charge in [-0.1, -0.05) is 38.1 Å². The highest BCUT2D eigenvalue weighted by Crippen LogP contribution is 2.41. The Balaban J connectivity index is 1.30. The highest BCUT2D eigenvalue weighted by molar-refractivity contribution is 7.99. The van der Waals surface area contributed by atoms with E-state index in [1.54, 1.807) is 11.3 Å². The highest BCUT2D eigenvalue weighted by Gasteiger charge is 2.27. The second kappa shape index (κ2) is 10.9. The summed E-state index contributed by atoms with van der Waals surface area (Å²) < 4.78 is 2.06. The number of hydrogen-bond acceptors (Lipinski definition) is 7. The molecule has 3 aromatic heterocycles. The first kappa shape index (κ1) is 25.2. The summed E-state index contributed by atoms with van der Waals surface area (Å²) in [6.07, 6.45) is 9.45. The van der Waals surface area contributed by atoms with Crippen molar-refractivity contribution in [3.8, 4) is 17.5 Å². The number of nitrogens with zero attached hydrogens (tertiary/aromatic N) is 4. The molecule has 0 aliphatic heterocycles. The SMILES string of the molecule is C=CCn1c(SCC(=O)Nc2sc3c(c2C#N)CCC(CC)C3)nnc1-c1csc2c1CCC(C)C2. The molecule has 0 aromatic carbocycles. The van der Waals surface area contributed by atoms with Crippen LogP contribution in [0, 0.1) is 23.2 Å². The van der Waals surface area contributed by atoms with E-state index in [0.717, 1.165) is 55.8 Å². The molecule has 188 valence electrons. The summed E-state index contributed by atoms with van der Waals surface area (Å²) in [5, 5.41) is 25.4. The van der Waals surface area contributed by atoms with Crippen LogP contribution in [0.5, 0.6) is 0 Å².